The maximum Gasteiger partial charge on any atom is 0.148 e. The van der Waals surface area contributed by atoms with Crippen molar-refractivity contribution in [1.82, 2.24) is 9.97 Å². The van der Waals surface area contributed by atoms with Crippen LogP contribution in [-0.4, -0.2) is 16.0 Å². The predicted octanol–water partition coefficient (Wildman–Crippen LogP) is 2.58. The zero-order chi connectivity index (χ0) is 14.2. The molecule has 0 unspecified atom stereocenters. The Kier molecular flexibility index (Phi) is 3.67. The summed E-state index contributed by atoms with van der Waals surface area (Å²) < 4.78 is 0. The van der Waals surface area contributed by atoms with Crippen molar-refractivity contribution in [2.24, 2.45) is 11.8 Å². The van der Waals surface area contributed by atoms with E-state index in [1.807, 2.05) is 6.92 Å². The van der Waals surface area contributed by atoms with Crippen LogP contribution in [0.5, 0.6) is 0 Å². The number of nitrogens with zero attached hydrogens (tertiary/aromatic N) is 2. The van der Waals surface area contributed by atoms with E-state index < -0.39 is 0 Å². The van der Waals surface area contributed by atoms with Gasteiger partial charge in [-0.2, -0.15) is 0 Å². The number of nitrogen functional groups attached to an aromatic ring is 1. The fourth-order valence-corrected chi connectivity index (χ4v) is 2.35. The van der Waals surface area contributed by atoms with Gasteiger partial charge in [0.05, 0.1) is 0 Å². The highest BCUT2D eigenvalue weighted by Gasteiger charge is 2.27. The van der Waals surface area contributed by atoms with Crippen LogP contribution >= 0.6 is 0 Å². The molecule has 2 rings (SSSR count). The summed E-state index contributed by atoms with van der Waals surface area (Å²) in [7, 11) is 0. The molecule has 1 heterocycles. The van der Waals surface area contributed by atoms with Crippen molar-refractivity contribution < 1.29 is 0 Å². The van der Waals surface area contributed by atoms with Crippen LogP contribution in [0.15, 0.2) is 0 Å². The lowest BCUT2D eigenvalue weighted by Crippen LogP contribution is -2.35. The van der Waals surface area contributed by atoms with Crippen molar-refractivity contribution in [2.45, 2.75) is 58.9 Å². The quantitative estimate of drug-likeness (QED) is 0.577. The zero-order valence-corrected chi connectivity index (χ0v) is 12.5. The molecule has 0 spiro atoms. The third-order valence-electron chi connectivity index (χ3n) is 3.67. The van der Waals surface area contributed by atoms with Crippen LogP contribution in [0.25, 0.3) is 0 Å². The molecule has 1 aromatic rings. The first kappa shape index (κ1) is 14.1. The number of hydrazine groups is 1. The molecule has 4 N–H and O–H groups in total. The molecule has 5 nitrogen and oxygen atoms in total. The highest BCUT2D eigenvalue weighted by atomic mass is 15.3. The first-order chi connectivity index (χ1) is 8.81. The minimum atomic E-state index is -0.0946. The van der Waals surface area contributed by atoms with E-state index >= 15 is 0 Å². The molecule has 5 heteroatoms. The Balaban J connectivity index is 2.30. The number of rotatable bonds is 3. The minimum Gasteiger partial charge on any atom is -0.367 e. The van der Waals surface area contributed by atoms with E-state index in [-0.39, 0.29) is 5.41 Å². The lowest BCUT2D eigenvalue weighted by atomic mass is 9.82. The molecule has 1 aliphatic rings. The van der Waals surface area contributed by atoms with Gasteiger partial charge in [-0.1, -0.05) is 27.7 Å². The summed E-state index contributed by atoms with van der Waals surface area (Å²) >= 11 is 0. The number of nitrogens with one attached hydrogen (secondary N) is 2. The van der Waals surface area contributed by atoms with Gasteiger partial charge in [0, 0.05) is 17.0 Å². The Bertz CT molecular complexity index is 458. The third kappa shape index (κ3) is 2.97. The standard InChI is InChI=1S/C14H25N5/c1-8-6-10(7-8)16-11-9(2)12(19-15)18-13(17-11)14(3,4)5/h8,10H,6-7,15H2,1-5H3,(H2,16,17,18,19). The molecule has 19 heavy (non-hydrogen) atoms. The van der Waals surface area contributed by atoms with Crippen molar-refractivity contribution in [3.8, 4) is 0 Å². The normalized spacial score (nSPS) is 22.8. The maximum absolute atomic E-state index is 5.56. The Morgan fingerprint density at radius 2 is 1.74 bits per heavy atom. The Hall–Kier alpha value is -1.36. The SMILES string of the molecule is Cc1c(NN)nc(C(C)(C)C)nc1NC1CC(C)C1. The second-order valence-corrected chi connectivity index (χ2v) is 6.68. The molecule has 106 valence electrons. The number of hydrogen-bond donors (Lipinski definition) is 3. The fourth-order valence-electron chi connectivity index (χ4n) is 2.35. The van der Waals surface area contributed by atoms with E-state index in [0.29, 0.717) is 11.9 Å². The van der Waals surface area contributed by atoms with Crippen LogP contribution in [0.2, 0.25) is 0 Å². The molecule has 0 amide bonds. The molecule has 1 aliphatic carbocycles. The van der Waals surface area contributed by atoms with E-state index in [1.54, 1.807) is 0 Å². The number of nitrogens with two attached hydrogens (primary N) is 1. The third-order valence-corrected chi connectivity index (χ3v) is 3.67. The van der Waals surface area contributed by atoms with Crippen molar-refractivity contribution in [2.75, 3.05) is 10.7 Å². The molecule has 0 aromatic carbocycles. The summed E-state index contributed by atoms with van der Waals surface area (Å²) in [6, 6.07) is 0.530. The molecule has 1 fully saturated rings. The van der Waals surface area contributed by atoms with Crippen molar-refractivity contribution in [3.05, 3.63) is 11.4 Å². The summed E-state index contributed by atoms with van der Waals surface area (Å²) in [5.41, 5.74) is 3.56. The van der Waals surface area contributed by atoms with Crippen LogP contribution in [0.4, 0.5) is 11.6 Å². The van der Waals surface area contributed by atoms with E-state index in [4.69, 9.17) is 5.84 Å². The molecular formula is C14H25N5. The topological polar surface area (TPSA) is 75.9 Å². The van der Waals surface area contributed by atoms with Gasteiger partial charge in [-0.3, -0.25) is 0 Å². The second-order valence-electron chi connectivity index (χ2n) is 6.68. The smallest absolute Gasteiger partial charge is 0.148 e. The maximum atomic E-state index is 5.56. The van der Waals surface area contributed by atoms with E-state index in [1.165, 1.54) is 12.8 Å². The predicted molar refractivity (Wildman–Crippen MR) is 79.1 cm³/mol. The monoisotopic (exact) mass is 263 g/mol. The summed E-state index contributed by atoms with van der Waals surface area (Å²) in [6.45, 7) is 10.6. The van der Waals surface area contributed by atoms with E-state index in [0.717, 1.165) is 23.1 Å². The Morgan fingerprint density at radius 3 is 2.21 bits per heavy atom. The van der Waals surface area contributed by atoms with Gasteiger partial charge in [0.1, 0.15) is 17.5 Å². The molecule has 0 bridgehead atoms. The number of aromatic nitrogens is 2. The largest absolute Gasteiger partial charge is 0.367 e. The van der Waals surface area contributed by atoms with E-state index in [9.17, 15) is 0 Å². The molecule has 0 aliphatic heterocycles. The fraction of sp³-hybridized carbons (Fsp3) is 0.714. The van der Waals surface area contributed by atoms with E-state index in [2.05, 4.69) is 48.4 Å². The number of anilines is 2. The van der Waals surface area contributed by atoms with Crippen LogP contribution in [0, 0.1) is 12.8 Å². The Labute approximate surface area is 115 Å². The summed E-state index contributed by atoms with van der Waals surface area (Å²) in [5.74, 6) is 8.79. The van der Waals surface area contributed by atoms with Crippen LogP contribution in [0.3, 0.4) is 0 Å². The highest BCUT2D eigenvalue weighted by molar-refractivity contribution is 5.57. The second kappa shape index (κ2) is 4.96. The highest BCUT2D eigenvalue weighted by Crippen LogP contribution is 2.32. The van der Waals surface area contributed by atoms with Gasteiger partial charge in [0.2, 0.25) is 0 Å². The number of hydrogen-bond acceptors (Lipinski definition) is 5. The van der Waals surface area contributed by atoms with Gasteiger partial charge in [-0.15, -0.1) is 0 Å². The summed E-state index contributed by atoms with van der Waals surface area (Å²) in [6.07, 6.45) is 2.42. The minimum absolute atomic E-state index is 0.0946. The lowest BCUT2D eigenvalue weighted by Gasteiger charge is -2.34. The molecule has 1 saturated carbocycles. The molecule has 0 atom stereocenters. The molecule has 0 saturated heterocycles. The van der Waals surface area contributed by atoms with Crippen LogP contribution < -0.4 is 16.6 Å². The van der Waals surface area contributed by atoms with Crippen LogP contribution in [0.1, 0.15) is 51.9 Å². The van der Waals surface area contributed by atoms with Gasteiger partial charge < -0.3 is 10.7 Å². The average molecular weight is 263 g/mol. The summed E-state index contributed by atoms with van der Waals surface area (Å²) in [5, 5.41) is 3.52. The first-order valence-electron chi connectivity index (χ1n) is 6.93. The van der Waals surface area contributed by atoms with Gasteiger partial charge in [-0.25, -0.2) is 15.8 Å². The van der Waals surface area contributed by atoms with Gasteiger partial charge in [0.15, 0.2) is 0 Å². The van der Waals surface area contributed by atoms with Crippen molar-refractivity contribution in [1.29, 1.82) is 0 Å². The van der Waals surface area contributed by atoms with Crippen molar-refractivity contribution >= 4 is 11.6 Å². The zero-order valence-electron chi connectivity index (χ0n) is 12.5. The van der Waals surface area contributed by atoms with Crippen LogP contribution in [-0.2, 0) is 5.41 Å². The molecular weight excluding hydrogens is 238 g/mol. The average Bonchev–Trinajstić information content (AvgIpc) is 2.28. The Morgan fingerprint density at radius 1 is 1.16 bits per heavy atom. The van der Waals surface area contributed by atoms with Gasteiger partial charge in [-0.05, 0) is 25.7 Å². The summed E-state index contributed by atoms with van der Waals surface area (Å²) in [4.78, 5) is 9.18. The van der Waals surface area contributed by atoms with Crippen molar-refractivity contribution in [3.63, 3.8) is 0 Å². The lowest BCUT2D eigenvalue weighted by molar-refractivity contribution is 0.308. The molecule has 1 aromatic heterocycles. The molecule has 0 radical (unpaired) electrons. The first-order valence-corrected chi connectivity index (χ1v) is 6.93. The van der Waals surface area contributed by atoms with Gasteiger partial charge in [0.25, 0.3) is 0 Å². The van der Waals surface area contributed by atoms with Gasteiger partial charge >= 0.3 is 0 Å².